The molecule has 0 spiro atoms. The van der Waals surface area contributed by atoms with Crippen LogP contribution in [0.2, 0.25) is 0 Å². The molecule has 1 aliphatic rings. The van der Waals surface area contributed by atoms with Crippen molar-refractivity contribution in [3.05, 3.63) is 22.4 Å². The molecule has 2 atom stereocenters. The van der Waals surface area contributed by atoms with E-state index < -0.39 is 0 Å². The second kappa shape index (κ2) is 10.0. The number of guanidine groups is 1. The van der Waals surface area contributed by atoms with Gasteiger partial charge in [0.1, 0.15) is 0 Å². The van der Waals surface area contributed by atoms with E-state index in [0.717, 1.165) is 31.4 Å². The summed E-state index contributed by atoms with van der Waals surface area (Å²) in [6, 6.07) is 5.01. The first-order chi connectivity index (χ1) is 11.6. The average Bonchev–Trinajstić information content (AvgIpc) is 3.08. The molecule has 0 radical (unpaired) electrons. The second-order valence-electron chi connectivity index (χ2n) is 7.32. The minimum atomic E-state index is 0.605. The summed E-state index contributed by atoms with van der Waals surface area (Å²) in [6.07, 6.45) is 3.77. The van der Waals surface area contributed by atoms with E-state index in [1.54, 1.807) is 0 Å². The SMILES string of the molecule is CN=C(NCC(C)Cc1cccs1)NCC1CCCN(C(C)C)C1. The number of hydrogen-bond acceptors (Lipinski definition) is 3. The van der Waals surface area contributed by atoms with Crippen LogP contribution in [0.25, 0.3) is 0 Å². The fourth-order valence-corrected chi connectivity index (χ4v) is 4.18. The Morgan fingerprint density at radius 2 is 2.21 bits per heavy atom. The molecule has 0 bridgehead atoms. The van der Waals surface area contributed by atoms with Crippen molar-refractivity contribution in [3.8, 4) is 0 Å². The van der Waals surface area contributed by atoms with Gasteiger partial charge in [-0.3, -0.25) is 4.99 Å². The second-order valence-corrected chi connectivity index (χ2v) is 8.35. The van der Waals surface area contributed by atoms with Crippen LogP contribution >= 0.6 is 11.3 Å². The lowest BCUT2D eigenvalue weighted by molar-refractivity contribution is 0.141. The van der Waals surface area contributed by atoms with Crippen LogP contribution in [0.5, 0.6) is 0 Å². The molecule has 2 heterocycles. The summed E-state index contributed by atoms with van der Waals surface area (Å²) in [5.74, 6) is 2.27. The van der Waals surface area contributed by atoms with Gasteiger partial charge in [0.2, 0.25) is 0 Å². The third-order valence-electron chi connectivity index (χ3n) is 4.81. The van der Waals surface area contributed by atoms with Crippen LogP contribution < -0.4 is 10.6 Å². The van der Waals surface area contributed by atoms with Gasteiger partial charge in [-0.05, 0) is 62.9 Å². The van der Waals surface area contributed by atoms with Gasteiger partial charge in [-0.2, -0.15) is 0 Å². The van der Waals surface area contributed by atoms with E-state index in [4.69, 9.17) is 0 Å². The molecular formula is C19H34N4S. The fourth-order valence-electron chi connectivity index (χ4n) is 3.31. The van der Waals surface area contributed by atoms with E-state index in [0.29, 0.717) is 12.0 Å². The number of piperidine rings is 1. The Hall–Kier alpha value is -1.07. The van der Waals surface area contributed by atoms with Gasteiger partial charge >= 0.3 is 0 Å². The van der Waals surface area contributed by atoms with Crippen LogP contribution in [0.4, 0.5) is 0 Å². The summed E-state index contributed by atoms with van der Waals surface area (Å²) >= 11 is 1.84. The summed E-state index contributed by atoms with van der Waals surface area (Å²) in [7, 11) is 1.86. The minimum Gasteiger partial charge on any atom is -0.356 e. The van der Waals surface area contributed by atoms with Crippen molar-refractivity contribution in [3.63, 3.8) is 0 Å². The van der Waals surface area contributed by atoms with E-state index >= 15 is 0 Å². The zero-order chi connectivity index (χ0) is 17.4. The first kappa shape index (κ1) is 19.3. The largest absolute Gasteiger partial charge is 0.356 e. The number of hydrogen-bond donors (Lipinski definition) is 2. The normalized spacial score (nSPS) is 21.0. The number of nitrogens with zero attached hydrogens (tertiary/aromatic N) is 2. The molecule has 1 aliphatic heterocycles. The number of likely N-dealkylation sites (tertiary alicyclic amines) is 1. The highest BCUT2D eigenvalue weighted by atomic mass is 32.1. The van der Waals surface area contributed by atoms with Crippen LogP contribution in [-0.4, -0.2) is 50.1 Å². The van der Waals surface area contributed by atoms with Gasteiger partial charge in [0.15, 0.2) is 5.96 Å². The lowest BCUT2D eigenvalue weighted by atomic mass is 9.97. The van der Waals surface area contributed by atoms with Gasteiger partial charge in [0, 0.05) is 37.6 Å². The van der Waals surface area contributed by atoms with E-state index in [1.807, 2.05) is 18.4 Å². The number of thiophene rings is 1. The smallest absolute Gasteiger partial charge is 0.190 e. The Labute approximate surface area is 151 Å². The van der Waals surface area contributed by atoms with Gasteiger partial charge in [-0.15, -0.1) is 11.3 Å². The summed E-state index contributed by atoms with van der Waals surface area (Å²) < 4.78 is 0. The van der Waals surface area contributed by atoms with Crippen LogP contribution in [0.3, 0.4) is 0 Å². The van der Waals surface area contributed by atoms with Crippen LogP contribution in [0.1, 0.15) is 38.5 Å². The highest BCUT2D eigenvalue weighted by molar-refractivity contribution is 7.09. The van der Waals surface area contributed by atoms with Gasteiger partial charge in [-0.1, -0.05) is 13.0 Å². The molecule has 0 saturated carbocycles. The zero-order valence-corrected chi connectivity index (χ0v) is 16.5. The standard InChI is InChI=1S/C19H34N4S/c1-15(2)23-9-5-7-17(14-23)13-22-19(20-4)21-12-16(3)11-18-8-6-10-24-18/h6,8,10,15-17H,5,7,9,11-14H2,1-4H3,(H2,20,21,22). The summed E-state index contributed by atoms with van der Waals surface area (Å²) in [5, 5.41) is 9.17. The summed E-state index contributed by atoms with van der Waals surface area (Å²) in [6.45, 7) is 11.3. The molecule has 24 heavy (non-hydrogen) atoms. The lowest BCUT2D eigenvalue weighted by Gasteiger charge is -2.35. The van der Waals surface area contributed by atoms with Gasteiger partial charge in [-0.25, -0.2) is 0 Å². The number of rotatable bonds is 7. The Morgan fingerprint density at radius 3 is 2.88 bits per heavy atom. The summed E-state index contributed by atoms with van der Waals surface area (Å²) in [4.78, 5) is 8.43. The van der Waals surface area contributed by atoms with Crippen molar-refractivity contribution in [1.82, 2.24) is 15.5 Å². The van der Waals surface area contributed by atoms with Crippen LogP contribution in [-0.2, 0) is 6.42 Å². The molecule has 136 valence electrons. The maximum Gasteiger partial charge on any atom is 0.190 e. The quantitative estimate of drug-likeness (QED) is 0.586. The first-order valence-electron chi connectivity index (χ1n) is 9.29. The number of aliphatic imine (C=N–C) groups is 1. The van der Waals surface area contributed by atoms with Crippen molar-refractivity contribution in [2.24, 2.45) is 16.8 Å². The Bertz CT molecular complexity index is 484. The van der Waals surface area contributed by atoms with Gasteiger partial charge in [0.05, 0.1) is 0 Å². The Kier molecular flexibility index (Phi) is 8.06. The Morgan fingerprint density at radius 1 is 1.38 bits per heavy atom. The minimum absolute atomic E-state index is 0.605. The molecule has 2 N–H and O–H groups in total. The molecule has 1 aromatic heterocycles. The molecule has 0 aliphatic carbocycles. The van der Waals surface area contributed by atoms with Crippen molar-refractivity contribution >= 4 is 17.3 Å². The van der Waals surface area contributed by atoms with E-state index in [-0.39, 0.29) is 0 Å². The molecule has 2 unspecified atom stereocenters. The molecule has 1 aromatic rings. The van der Waals surface area contributed by atoms with Gasteiger partial charge in [0.25, 0.3) is 0 Å². The van der Waals surface area contributed by atoms with Crippen molar-refractivity contribution < 1.29 is 0 Å². The third kappa shape index (κ3) is 6.44. The maximum atomic E-state index is 4.38. The number of nitrogens with one attached hydrogen (secondary N) is 2. The predicted molar refractivity (Wildman–Crippen MR) is 106 cm³/mol. The van der Waals surface area contributed by atoms with Gasteiger partial charge < -0.3 is 15.5 Å². The van der Waals surface area contributed by atoms with E-state index in [9.17, 15) is 0 Å². The predicted octanol–water partition coefficient (Wildman–Crippen LogP) is 3.21. The molecule has 0 amide bonds. The van der Waals surface area contributed by atoms with Crippen molar-refractivity contribution in [1.29, 1.82) is 0 Å². The topological polar surface area (TPSA) is 39.7 Å². The lowest BCUT2D eigenvalue weighted by Crippen LogP contribution is -2.46. The third-order valence-corrected chi connectivity index (χ3v) is 5.71. The molecule has 4 nitrogen and oxygen atoms in total. The van der Waals surface area contributed by atoms with E-state index in [2.05, 4.69) is 58.8 Å². The Balaban J connectivity index is 1.68. The molecule has 0 aromatic carbocycles. The maximum absolute atomic E-state index is 4.38. The van der Waals surface area contributed by atoms with E-state index in [1.165, 1.54) is 30.8 Å². The molecule has 1 saturated heterocycles. The summed E-state index contributed by atoms with van der Waals surface area (Å²) in [5.41, 5.74) is 0. The fraction of sp³-hybridized carbons (Fsp3) is 0.737. The van der Waals surface area contributed by atoms with Crippen molar-refractivity contribution in [2.45, 2.75) is 46.1 Å². The van der Waals surface area contributed by atoms with Crippen LogP contribution in [0, 0.1) is 11.8 Å². The average molecular weight is 351 g/mol. The highest BCUT2D eigenvalue weighted by Crippen LogP contribution is 2.17. The van der Waals surface area contributed by atoms with Crippen LogP contribution in [0.15, 0.2) is 22.5 Å². The first-order valence-corrected chi connectivity index (χ1v) is 10.2. The molecular weight excluding hydrogens is 316 g/mol. The molecule has 1 fully saturated rings. The molecule has 2 rings (SSSR count). The van der Waals surface area contributed by atoms with Crippen molar-refractivity contribution in [2.75, 3.05) is 33.2 Å². The zero-order valence-electron chi connectivity index (χ0n) is 15.7. The monoisotopic (exact) mass is 350 g/mol. The highest BCUT2D eigenvalue weighted by Gasteiger charge is 2.21. The molecule has 5 heteroatoms.